The van der Waals surface area contributed by atoms with Gasteiger partial charge < -0.3 is 5.32 Å². The highest BCUT2D eigenvalue weighted by Crippen LogP contribution is 2.20. The molecule has 186 valence electrons. The van der Waals surface area contributed by atoms with Gasteiger partial charge in [-0.3, -0.25) is 18.9 Å². The monoisotopic (exact) mass is 535 g/mol. The number of fused-ring (bicyclic) bond motifs is 1. The highest BCUT2D eigenvalue weighted by molar-refractivity contribution is 7.93. The van der Waals surface area contributed by atoms with E-state index in [0.717, 1.165) is 11.3 Å². The number of carbonyl (C=O) groups is 1. The van der Waals surface area contributed by atoms with Crippen LogP contribution in [0.1, 0.15) is 15.9 Å². The first kappa shape index (κ1) is 24.3. The summed E-state index contributed by atoms with van der Waals surface area (Å²) >= 11 is 1.15. The van der Waals surface area contributed by atoms with Crippen LogP contribution in [-0.4, -0.2) is 28.9 Å². The number of halogens is 1. The average Bonchev–Trinajstić information content (AvgIpc) is 3.39. The second-order valence-electron chi connectivity index (χ2n) is 7.91. The number of benzene rings is 2. The number of pyridine rings is 2. The van der Waals surface area contributed by atoms with Crippen molar-refractivity contribution >= 4 is 49.1 Å². The fourth-order valence-electron chi connectivity index (χ4n) is 3.65. The Kier molecular flexibility index (Phi) is 6.51. The largest absolute Gasteiger partial charge is 0.322 e. The van der Waals surface area contributed by atoms with Gasteiger partial charge >= 0.3 is 0 Å². The number of thiazole rings is 1. The SMILES string of the molecule is O=C(Nc1ccc(S(=O)(=O)Nc2nccs2)cc1)c1cc2cccnc2n(Cc2ccc(F)cc2)c1=O. The topological polar surface area (TPSA) is 123 Å². The number of aromatic nitrogens is 3. The Labute approximate surface area is 214 Å². The summed E-state index contributed by atoms with van der Waals surface area (Å²) in [5.41, 5.74) is 0.658. The van der Waals surface area contributed by atoms with E-state index >= 15 is 0 Å². The van der Waals surface area contributed by atoms with Crippen molar-refractivity contribution < 1.29 is 17.6 Å². The number of hydrogen-bond acceptors (Lipinski definition) is 7. The van der Waals surface area contributed by atoms with Gasteiger partial charge in [-0.15, -0.1) is 11.3 Å². The van der Waals surface area contributed by atoms with Crippen molar-refractivity contribution in [2.75, 3.05) is 10.0 Å². The van der Waals surface area contributed by atoms with Gasteiger partial charge in [-0.2, -0.15) is 0 Å². The summed E-state index contributed by atoms with van der Waals surface area (Å²) in [5, 5.41) is 5.09. The normalized spacial score (nSPS) is 11.4. The van der Waals surface area contributed by atoms with Crippen molar-refractivity contribution in [3.05, 3.63) is 112 Å². The fourth-order valence-corrected chi connectivity index (χ4v) is 5.44. The number of anilines is 2. The molecule has 1 amide bonds. The third kappa shape index (κ3) is 5.25. The quantitative estimate of drug-likeness (QED) is 0.324. The molecule has 0 bridgehead atoms. The number of sulfonamides is 1. The molecule has 0 aliphatic rings. The summed E-state index contributed by atoms with van der Waals surface area (Å²) in [4.78, 5) is 34.6. The molecule has 0 spiro atoms. The Bertz CT molecular complexity index is 1750. The number of carbonyl (C=O) groups excluding carboxylic acids is 1. The van der Waals surface area contributed by atoms with Gasteiger partial charge in [0.25, 0.3) is 21.5 Å². The molecule has 0 atom stereocenters. The molecule has 3 heterocycles. The van der Waals surface area contributed by atoms with Crippen LogP contribution in [-0.2, 0) is 16.6 Å². The molecule has 0 fully saturated rings. The van der Waals surface area contributed by atoms with Gasteiger partial charge in [-0.25, -0.2) is 22.8 Å². The lowest BCUT2D eigenvalue weighted by Crippen LogP contribution is -2.30. The highest BCUT2D eigenvalue weighted by Gasteiger charge is 2.19. The minimum Gasteiger partial charge on any atom is -0.322 e. The Morgan fingerprint density at radius 1 is 1.00 bits per heavy atom. The molecule has 0 saturated heterocycles. The second-order valence-corrected chi connectivity index (χ2v) is 10.5. The Morgan fingerprint density at radius 2 is 1.76 bits per heavy atom. The summed E-state index contributed by atoms with van der Waals surface area (Å²) < 4.78 is 42.1. The van der Waals surface area contributed by atoms with E-state index in [0.29, 0.717) is 22.3 Å². The molecular weight excluding hydrogens is 517 g/mol. The first-order chi connectivity index (χ1) is 17.8. The van der Waals surface area contributed by atoms with Crippen LogP contribution >= 0.6 is 11.3 Å². The van der Waals surface area contributed by atoms with Gasteiger partial charge in [0, 0.05) is 28.8 Å². The van der Waals surface area contributed by atoms with E-state index in [1.807, 2.05) is 0 Å². The molecule has 0 saturated carbocycles. The summed E-state index contributed by atoms with van der Waals surface area (Å²) in [6, 6.07) is 16.1. The van der Waals surface area contributed by atoms with Gasteiger partial charge in [-0.1, -0.05) is 12.1 Å². The van der Waals surface area contributed by atoms with E-state index in [-0.39, 0.29) is 22.1 Å². The Hall–Kier alpha value is -4.42. The summed E-state index contributed by atoms with van der Waals surface area (Å²) in [5.74, 6) is -1.06. The van der Waals surface area contributed by atoms with Crippen LogP contribution in [0.5, 0.6) is 0 Å². The smallest absolute Gasteiger partial charge is 0.265 e. The predicted molar refractivity (Wildman–Crippen MR) is 139 cm³/mol. The summed E-state index contributed by atoms with van der Waals surface area (Å²) in [6.07, 6.45) is 3.03. The first-order valence-electron chi connectivity index (χ1n) is 10.9. The number of nitrogens with zero attached hydrogens (tertiary/aromatic N) is 3. The van der Waals surface area contributed by atoms with Crippen LogP contribution in [0, 0.1) is 5.82 Å². The van der Waals surface area contributed by atoms with Crippen molar-refractivity contribution in [1.82, 2.24) is 14.5 Å². The Balaban J connectivity index is 1.42. The molecule has 0 aliphatic heterocycles. The van der Waals surface area contributed by atoms with Gasteiger partial charge in [0.1, 0.15) is 17.0 Å². The lowest BCUT2D eigenvalue weighted by molar-refractivity contribution is 0.102. The van der Waals surface area contributed by atoms with Crippen LogP contribution < -0.4 is 15.6 Å². The second kappa shape index (κ2) is 9.91. The molecule has 37 heavy (non-hydrogen) atoms. The zero-order valence-electron chi connectivity index (χ0n) is 19.0. The van der Waals surface area contributed by atoms with Crippen LogP contribution in [0.2, 0.25) is 0 Å². The van der Waals surface area contributed by atoms with Crippen LogP contribution in [0.3, 0.4) is 0 Å². The molecule has 0 radical (unpaired) electrons. The number of amides is 1. The fraction of sp³-hybridized carbons (Fsp3) is 0.0400. The predicted octanol–water partition coefficient (Wildman–Crippen LogP) is 4.09. The molecule has 2 aromatic carbocycles. The lowest BCUT2D eigenvalue weighted by atomic mass is 10.1. The number of nitrogens with one attached hydrogen (secondary N) is 2. The third-order valence-corrected chi connectivity index (χ3v) is 7.60. The molecule has 2 N–H and O–H groups in total. The van der Waals surface area contributed by atoms with Crippen molar-refractivity contribution in [1.29, 1.82) is 0 Å². The molecular formula is C25H18FN5O4S2. The van der Waals surface area contributed by atoms with E-state index in [9.17, 15) is 22.4 Å². The number of hydrogen-bond donors (Lipinski definition) is 2. The van der Waals surface area contributed by atoms with Crippen LogP contribution in [0.15, 0.2) is 94.2 Å². The van der Waals surface area contributed by atoms with Gasteiger partial charge in [0.2, 0.25) is 0 Å². The van der Waals surface area contributed by atoms with Crippen molar-refractivity contribution in [3.8, 4) is 0 Å². The third-order valence-electron chi connectivity index (χ3n) is 5.42. The average molecular weight is 536 g/mol. The van der Waals surface area contributed by atoms with E-state index in [2.05, 4.69) is 20.0 Å². The number of rotatable bonds is 7. The van der Waals surface area contributed by atoms with E-state index in [1.165, 1.54) is 53.2 Å². The molecule has 5 rings (SSSR count). The maximum absolute atomic E-state index is 13.3. The highest BCUT2D eigenvalue weighted by atomic mass is 32.2. The van der Waals surface area contributed by atoms with Crippen LogP contribution in [0.25, 0.3) is 11.0 Å². The van der Waals surface area contributed by atoms with Crippen molar-refractivity contribution in [2.24, 2.45) is 0 Å². The van der Waals surface area contributed by atoms with Gasteiger partial charge in [0.15, 0.2) is 5.13 Å². The zero-order chi connectivity index (χ0) is 26.0. The Morgan fingerprint density at radius 3 is 2.46 bits per heavy atom. The molecule has 5 aromatic rings. The molecule has 12 heteroatoms. The standard InChI is InChI=1S/C25H18FN5O4S2/c26-18-5-3-16(4-6-18)15-31-22-17(2-1-11-27-22)14-21(24(31)33)23(32)29-19-7-9-20(10-8-19)37(34,35)30-25-28-12-13-36-25/h1-14H,15H2,(H,28,30)(H,29,32). The van der Waals surface area contributed by atoms with E-state index < -0.39 is 27.3 Å². The van der Waals surface area contributed by atoms with Crippen LogP contribution in [0.4, 0.5) is 15.2 Å². The summed E-state index contributed by atoms with van der Waals surface area (Å²) in [7, 11) is -3.85. The molecule has 3 aromatic heterocycles. The lowest BCUT2D eigenvalue weighted by Gasteiger charge is -2.13. The zero-order valence-corrected chi connectivity index (χ0v) is 20.6. The van der Waals surface area contributed by atoms with Gasteiger partial charge in [-0.05, 0) is 60.2 Å². The van der Waals surface area contributed by atoms with Crippen molar-refractivity contribution in [2.45, 2.75) is 11.4 Å². The first-order valence-corrected chi connectivity index (χ1v) is 13.2. The molecule has 9 nitrogen and oxygen atoms in total. The molecule has 0 unspecified atom stereocenters. The van der Waals surface area contributed by atoms with Crippen molar-refractivity contribution in [3.63, 3.8) is 0 Å². The maximum Gasteiger partial charge on any atom is 0.265 e. The van der Waals surface area contributed by atoms with Gasteiger partial charge in [0.05, 0.1) is 11.4 Å². The minimum atomic E-state index is -3.85. The van der Waals surface area contributed by atoms with E-state index in [1.54, 1.807) is 35.8 Å². The minimum absolute atomic E-state index is 0.0147. The van der Waals surface area contributed by atoms with E-state index in [4.69, 9.17) is 0 Å². The summed E-state index contributed by atoms with van der Waals surface area (Å²) in [6.45, 7) is 0.0897. The molecule has 0 aliphatic carbocycles. The maximum atomic E-state index is 13.3.